The third-order valence-corrected chi connectivity index (χ3v) is 7.50. The highest BCUT2D eigenvalue weighted by Gasteiger charge is 2.56. The van der Waals surface area contributed by atoms with Crippen molar-refractivity contribution >= 4 is 6.08 Å². The van der Waals surface area contributed by atoms with Crippen LogP contribution in [-0.4, -0.2) is 25.5 Å². The van der Waals surface area contributed by atoms with Gasteiger partial charge >= 0.3 is 0 Å². The Morgan fingerprint density at radius 1 is 1.28 bits per heavy atom. The number of nitriles is 1. The molecule has 6 heteroatoms. The molecular weight excluding hydrogens is 403 g/mol. The van der Waals surface area contributed by atoms with E-state index < -0.39 is 11.4 Å². The lowest BCUT2D eigenvalue weighted by Crippen LogP contribution is -2.47. The van der Waals surface area contributed by atoms with Crippen LogP contribution in [0.4, 0.5) is 4.39 Å². The lowest BCUT2D eigenvalue weighted by atomic mass is 9.63. The molecule has 2 atom stereocenters. The summed E-state index contributed by atoms with van der Waals surface area (Å²) in [5, 5.41) is 25.9. The van der Waals surface area contributed by atoms with Crippen LogP contribution in [0, 0.1) is 22.6 Å². The molecule has 0 radical (unpaired) electrons. The van der Waals surface area contributed by atoms with Gasteiger partial charge in [0.2, 0.25) is 0 Å². The Kier molecular flexibility index (Phi) is 4.94. The Labute approximate surface area is 186 Å². The summed E-state index contributed by atoms with van der Waals surface area (Å²) in [6, 6.07) is 10.3. The van der Waals surface area contributed by atoms with E-state index >= 15 is 0 Å². The quantitative estimate of drug-likeness (QED) is 0.635. The summed E-state index contributed by atoms with van der Waals surface area (Å²) in [5.74, 6) is -0.412. The van der Waals surface area contributed by atoms with E-state index in [1.165, 1.54) is 17.7 Å². The summed E-state index contributed by atoms with van der Waals surface area (Å²) in [6.45, 7) is 2.14. The average molecular weight is 429 g/mol. The van der Waals surface area contributed by atoms with Gasteiger partial charge in [0.25, 0.3) is 0 Å². The van der Waals surface area contributed by atoms with E-state index in [1.807, 2.05) is 23.0 Å². The molecule has 32 heavy (non-hydrogen) atoms. The average Bonchev–Trinajstić information content (AvgIpc) is 3.36. The molecule has 0 spiro atoms. The molecule has 2 aliphatic carbocycles. The van der Waals surface area contributed by atoms with Crippen LogP contribution in [0.25, 0.3) is 11.8 Å². The number of hydrogen-bond acceptors (Lipinski definition) is 4. The van der Waals surface area contributed by atoms with Crippen molar-refractivity contribution in [3.63, 3.8) is 0 Å². The molecule has 1 N–H and O–H groups in total. The second-order valence-corrected chi connectivity index (χ2v) is 8.90. The number of fused-ring (bicyclic) bond motifs is 2. The molecule has 1 aromatic carbocycles. The maximum Gasteiger partial charge on any atom is 0.124 e. The van der Waals surface area contributed by atoms with Crippen LogP contribution in [0.3, 0.4) is 0 Å². The lowest BCUT2D eigenvalue weighted by molar-refractivity contribution is -0.0568. The number of pyridine rings is 1. The fraction of sp³-hybridized carbons (Fsp3) is 0.346. The third kappa shape index (κ3) is 3.08. The fourth-order valence-electron chi connectivity index (χ4n) is 5.72. The van der Waals surface area contributed by atoms with Crippen molar-refractivity contribution in [2.24, 2.45) is 5.41 Å². The standard InChI is InChI=1S/C26H25FN4O/c1-2-25-14-20-16-30-31(23-4-3-11-29-17-23)24(20)13-21(25)8-10-26(25,32)9-7-18-5-6-22(27)12-19(18)15-28/h3-6,11-13,16-17,32H,2,7-10,14H2,1H3. The summed E-state index contributed by atoms with van der Waals surface area (Å²) in [5.41, 5.74) is 4.26. The van der Waals surface area contributed by atoms with Crippen LogP contribution in [0.5, 0.6) is 0 Å². The zero-order valence-electron chi connectivity index (χ0n) is 18.1. The number of halogens is 1. The van der Waals surface area contributed by atoms with E-state index in [1.54, 1.807) is 18.5 Å². The van der Waals surface area contributed by atoms with Gasteiger partial charge < -0.3 is 5.11 Å². The Morgan fingerprint density at radius 3 is 2.91 bits per heavy atom. The number of aromatic nitrogens is 3. The van der Waals surface area contributed by atoms with Gasteiger partial charge in [-0.3, -0.25) is 4.98 Å². The number of aliphatic hydroxyl groups is 1. The minimum Gasteiger partial charge on any atom is -0.389 e. The van der Waals surface area contributed by atoms with E-state index in [9.17, 15) is 14.8 Å². The highest BCUT2D eigenvalue weighted by atomic mass is 19.1. The van der Waals surface area contributed by atoms with E-state index in [0.717, 1.165) is 41.8 Å². The molecule has 0 bridgehead atoms. The SMILES string of the molecule is CCC12Cc3cnn(-c4cccnc4)c3C=C1CCC2(O)CCc1ccc(F)cc1C#N. The van der Waals surface area contributed by atoms with Crippen molar-refractivity contribution in [3.8, 4) is 11.8 Å². The summed E-state index contributed by atoms with van der Waals surface area (Å²) >= 11 is 0. The summed E-state index contributed by atoms with van der Waals surface area (Å²) in [7, 11) is 0. The first-order valence-electron chi connectivity index (χ1n) is 11.1. The van der Waals surface area contributed by atoms with E-state index in [4.69, 9.17) is 0 Å². The van der Waals surface area contributed by atoms with Crippen LogP contribution < -0.4 is 0 Å². The predicted octanol–water partition coefficient (Wildman–Crippen LogP) is 4.77. The van der Waals surface area contributed by atoms with Gasteiger partial charge in [0.05, 0.1) is 41.0 Å². The Morgan fingerprint density at radius 2 is 2.16 bits per heavy atom. The number of nitrogens with zero attached hydrogens (tertiary/aromatic N) is 4. The van der Waals surface area contributed by atoms with Gasteiger partial charge in [-0.1, -0.05) is 18.6 Å². The van der Waals surface area contributed by atoms with E-state index in [2.05, 4.69) is 29.2 Å². The first kappa shape index (κ1) is 20.6. The first-order valence-corrected chi connectivity index (χ1v) is 11.1. The van der Waals surface area contributed by atoms with Crippen LogP contribution in [-0.2, 0) is 12.8 Å². The van der Waals surface area contributed by atoms with Crippen molar-refractivity contribution in [2.75, 3.05) is 0 Å². The Hall–Kier alpha value is -3.30. The van der Waals surface area contributed by atoms with Gasteiger partial charge in [0.15, 0.2) is 0 Å². The molecule has 0 aliphatic heterocycles. The van der Waals surface area contributed by atoms with E-state index in [0.29, 0.717) is 24.8 Å². The second kappa shape index (κ2) is 7.68. The topological polar surface area (TPSA) is 74.7 Å². The van der Waals surface area contributed by atoms with Crippen molar-refractivity contribution in [1.82, 2.24) is 14.8 Å². The normalized spacial score (nSPS) is 23.9. The zero-order chi connectivity index (χ0) is 22.3. The Balaban J connectivity index is 1.47. The maximum atomic E-state index is 13.5. The molecule has 2 unspecified atom stereocenters. The van der Waals surface area contributed by atoms with Gasteiger partial charge in [-0.05, 0) is 80.0 Å². The highest BCUT2D eigenvalue weighted by molar-refractivity contribution is 5.62. The molecule has 2 aliphatic rings. The summed E-state index contributed by atoms with van der Waals surface area (Å²) in [6.07, 6.45) is 11.8. The van der Waals surface area contributed by atoms with Crippen molar-refractivity contribution in [2.45, 2.75) is 51.0 Å². The van der Waals surface area contributed by atoms with Crippen LogP contribution in [0.1, 0.15) is 55.0 Å². The molecule has 3 aromatic rings. The van der Waals surface area contributed by atoms with Gasteiger partial charge in [-0.25, -0.2) is 9.07 Å². The minimum absolute atomic E-state index is 0.344. The summed E-state index contributed by atoms with van der Waals surface area (Å²) < 4.78 is 15.5. The van der Waals surface area contributed by atoms with Crippen LogP contribution >= 0.6 is 0 Å². The fourth-order valence-corrected chi connectivity index (χ4v) is 5.72. The molecule has 1 saturated carbocycles. The van der Waals surface area contributed by atoms with E-state index in [-0.39, 0.29) is 5.41 Å². The molecule has 5 nitrogen and oxygen atoms in total. The van der Waals surface area contributed by atoms with Crippen LogP contribution in [0.2, 0.25) is 0 Å². The van der Waals surface area contributed by atoms with Gasteiger partial charge in [0.1, 0.15) is 5.82 Å². The molecule has 0 amide bonds. The number of aryl methyl sites for hydroxylation is 1. The van der Waals surface area contributed by atoms with Gasteiger partial charge in [-0.2, -0.15) is 10.4 Å². The largest absolute Gasteiger partial charge is 0.389 e. The molecule has 162 valence electrons. The van der Waals surface area contributed by atoms with Crippen molar-refractivity contribution in [1.29, 1.82) is 5.26 Å². The third-order valence-electron chi connectivity index (χ3n) is 7.50. The monoisotopic (exact) mass is 428 g/mol. The molecule has 2 aromatic heterocycles. The molecular formula is C26H25FN4O. The first-order chi connectivity index (χ1) is 15.5. The van der Waals surface area contributed by atoms with Crippen molar-refractivity contribution < 1.29 is 9.50 Å². The molecule has 1 fully saturated rings. The van der Waals surface area contributed by atoms with Gasteiger partial charge in [-0.15, -0.1) is 0 Å². The molecule has 0 saturated heterocycles. The number of benzene rings is 1. The number of hydrogen-bond donors (Lipinski definition) is 1. The molecule has 2 heterocycles. The molecule has 5 rings (SSSR count). The van der Waals surface area contributed by atoms with Crippen LogP contribution in [0.15, 0.2) is 54.5 Å². The predicted molar refractivity (Wildman–Crippen MR) is 119 cm³/mol. The lowest BCUT2D eigenvalue weighted by Gasteiger charge is -2.45. The Bertz CT molecular complexity index is 1240. The minimum atomic E-state index is -0.886. The van der Waals surface area contributed by atoms with Crippen molar-refractivity contribution in [3.05, 3.63) is 82.7 Å². The second-order valence-electron chi connectivity index (χ2n) is 8.90. The summed E-state index contributed by atoms with van der Waals surface area (Å²) in [4.78, 5) is 4.21. The maximum absolute atomic E-state index is 13.5. The highest BCUT2D eigenvalue weighted by Crippen LogP contribution is 2.58. The zero-order valence-corrected chi connectivity index (χ0v) is 18.1. The van der Waals surface area contributed by atoms with Gasteiger partial charge in [0, 0.05) is 11.6 Å². The number of rotatable bonds is 5. The smallest absolute Gasteiger partial charge is 0.124 e.